The van der Waals surface area contributed by atoms with E-state index in [0.717, 1.165) is 5.56 Å². The Kier molecular flexibility index (Phi) is 8.11. The van der Waals surface area contributed by atoms with E-state index in [1.165, 1.54) is 0 Å². The molecule has 0 aliphatic heterocycles. The van der Waals surface area contributed by atoms with E-state index in [-0.39, 0.29) is 13.2 Å². The van der Waals surface area contributed by atoms with Crippen molar-refractivity contribution < 1.29 is 13.2 Å². The Balaban J connectivity index is 0.000000354. The molecule has 1 aromatic rings. The van der Waals surface area contributed by atoms with Crippen molar-refractivity contribution in [3.05, 3.63) is 42.3 Å². The number of nitrogens with zero attached hydrogens (tertiary/aromatic N) is 1. The van der Waals surface area contributed by atoms with Gasteiger partial charge in [0.25, 0.3) is 0 Å². The molecule has 0 saturated carbocycles. The molecule has 59 valence electrons. The van der Waals surface area contributed by atoms with E-state index in [2.05, 4.69) is 34.2 Å². The van der Waals surface area contributed by atoms with E-state index in [9.17, 15) is 0 Å². The van der Waals surface area contributed by atoms with Crippen LogP contribution in [-0.4, -0.2) is 0 Å². The van der Waals surface area contributed by atoms with Crippen LogP contribution in [0.3, 0.4) is 0 Å². The van der Waals surface area contributed by atoms with Gasteiger partial charge < -0.3 is 0 Å². The van der Waals surface area contributed by atoms with Crippen LogP contribution < -0.4 is 0 Å². The first-order valence-electron chi connectivity index (χ1n) is 3.18. The minimum absolute atomic E-state index is 0.250. The van der Waals surface area contributed by atoms with Gasteiger partial charge in [0.15, 0.2) is 0 Å². The van der Waals surface area contributed by atoms with E-state index in [1.807, 2.05) is 18.2 Å². The molecule has 12 heavy (non-hydrogen) atoms. The van der Waals surface area contributed by atoms with E-state index in [4.69, 9.17) is 5.26 Å². The summed E-state index contributed by atoms with van der Waals surface area (Å²) in [6.07, 6.45) is 0. The number of halogens is 2. The van der Waals surface area contributed by atoms with Crippen LogP contribution >= 0.6 is 27.2 Å². The van der Waals surface area contributed by atoms with Gasteiger partial charge in [0.2, 0.25) is 0 Å². The zero-order chi connectivity index (χ0) is 9.40. The molecule has 0 aromatic heterocycles. The Bertz CT molecular complexity index is 253. The van der Waals surface area contributed by atoms with Crippen LogP contribution in [0.4, 0.5) is 0 Å². The van der Waals surface area contributed by atoms with Crippen LogP contribution in [0.1, 0.15) is 11.1 Å². The Labute approximate surface area is 93.5 Å². The van der Waals surface area contributed by atoms with E-state index in [0.29, 0.717) is 5.56 Å². The van der Waals surface area contributed by atoms with Crippen LogP contribution in [0.2, 0.25) is 0 Å². The van der Waals surface area contributed by atoms with E-state index in [1.54, 1.807) is 12.1 Å². The second kappa shape index (κ2) is 7.92. The van der Waals surface area contributed by atoms with Gasteiger partial charge in [-0.1, -0.05) is 12.1 Å². The van der Waals surface area contributed by atoms with Crippen LogP contribution in [0.25, 0.3) is 0 Å². The number of hydrogen-bond acceptors (Lipinski definition) is 1. The maximum absolute atomic E-state index is 8.36. The van der Waals surface area contributed by atoms with Gasteiger partial charge in [0.1, 0.15) is 0 Å². The van der Waals surface area contributed by atoms with Crippen molar-refractivity contribution in [3.8, 4) is 6.07 Å². The molecule has 0 aliphatic rings. The molecule has 0 spiro atoms. The molecule has 0 bridgehead atoms. The Morgan fingerprint density at radius 2 is 1.67 bits per heavy atom. The predicted octanol–water partition coefficient (Wildman–Crippen LogP) is 3.43. The summed E-state index contributed by atoms with van der Waals surface area (Å²) in [6.45, 7) is 3.69. The van der Waals surface area contributed by atoms with Gasteiger partial charge in [-0.15, -0.1) is 0 Å². The molecule has 1 rings (SSSR count). The first-order valence-corrected chi connectivity index (χ1v) is 17.1. The molecule has 4 heteroatoms. The molecule has 1 aromatic carbocycles. The molecule has 0 amide bonds. The maximum atomic E-state index is 8.36. The van der Waals surface area contributed by atoms with Crippen LogP contribution in [0.5, 0.6) is 0 Å². The SMILES string of the molecule is [Br][Zn][Br].[CH2]c1ccc(C#N)cc1. The third-order valence-electron chi connectivity index (χ3n) is 1.08. The molecule has 0 heterocycles. The molecular formula is C8H6Br2NZn. The average Bonchev–Trinajstić information content (AvgIpc) is 2.07. The fourth-order valence-corrected chi connectivity index (χ4v) is 0.579. The van der Waals surface area contributed by atoms with E-state index >= 15 is 0 Å². The standard InChI is InChI=1S/C8H6N.2BrH.Zn/c1-7-2-4-8(6-9)5-3-7;;;/h2-5H,1H2;2*1H;/q;;;+2/p-2. The largest absolute Gasteiger partial charge is 0.192 e. The molecule has 0 saturated heterocycles. The predicted molar refractivity (Wildman–Crippen MR) is 53.5 cm³/mol. The molecule has 1 radical (unpaired) electrons. The third kappa shape index (κ3) is 5.88. The van der Waals surface area contributed by atoms with Crippen LogP contribution in [0.15, 0.2) is 24.3 Å². The number of benzene rings is 1. The van der Waals surface area contributed by atoms with Crippen molar-refractivity contribution in [2.24, 2.45) is 0 Å². The second-order valence-corrected chi connectivity index (χ2v) is 16.0. The molecule has 0 atom stereocenters. The second-order valence-electron chi connectivity index (χ2n) is 1.91. The molecule has 1 nitrogen and oxygen atoms in total. The fourth-order valence-electron chi connectivity index (χ4n) is 0.579. The zero-order valence-corrected chi connectivity index (χ0v) is 12.6. The van der Waals surface area contributed by atoms with Gasteiger partial charge in [-0.3, -0.25) is 0 Å². The van der Waals surface area contributed by atoms with Crippen molar-refractivity contribution >= 4 is 27.2 Å². The van der Waals surface area contributed by atoms with Gasteiger partial charge in [0, 0.05) is 0 Å². The van der Waals surface area contributed by atoms with Gasteiger partial charge >= 0.3 is 40.5 Å². The smallest absolute Gasteiger partial charge is 0.0991 e. The topological polar surface area (TPSA) is 23.8 Å². The summed E-state index contributed by atoms with van der Waals surface area (Å²) in [6, 6.07) is 9.17. The minimum atomic E-state index is -0.250. The summed E-state index contributed by atoms with van der Waals surface area (Å²) in [5.74, 6) is 0. The quantitative estimate of drug-likeness (QED) is 0.663. The minimum Gasteiger partial charge on any atom is -0.192 e. The summed E-state index contributed by atoms with van der Waals surface area (Å²) < 4.78 is 0. The van der Waals surface area contributed by atoms with Crippen molar-refractivity contribution in [3.63, 3.8) is 0 Å². The number of hydrogen-bond donors (Lipinski definition) is 0. The van der Waals surface area contributed by atoms with Crippen molar-refractivity contribution in [2.45, 2.75) is 0 Å². The van der Waals surface area contributed by atoms with Crippen molar-refractivity contribution in [1.82, 2.24) is 0 Å². The first kappa shape index (κ1) is 12.3. The van der Waals surface area contributed by atoms with Gasteiger partial charge in [-0.25, -0.2) is 0 Å². The fraction of sp³-hybridized carbons (Fsp3) is 0. The van der Waals surface area contributed by atoms with E-state index < -0.39 is 0 Å². The molecule has 0 unspecified atom stereocenters. The molecule has 0 fully saturated rings. The van der Waals surface area contributed by atoms with Gasteiger partial charge in [-0.2, -0.15) is 5.26 Å². The summed E-state index contributed by atoms with van der Waals surface area (Å²) in [5.41, 5.74) is 1.62. The molecule has 0 aliphatic carbocycles. The summed E-state index contributed by atoms with van der Waals surface area (Å²) in [7, 11) is 0. The van der Waals surface area contributed by atoms with Gasteiger partial charge in [0.05, 0.1) is 11.6 Å². The molecule has 0 N–H and O–H groups in total. The maximum Gasteiger partial charge on any atom is 0.0991 e. The number of rotatable bonds is 0. The first-order chi connectivity index (χ1) is 5.74. The van der Waals surface area contributed by atoms with Gasteiger partial charge in [-0.05, 0) is 24.6 Å². The summed E-state index contributed by atoms with van der Waals surface area (Å²) in [5, 5.41) is 8.36. The molecular weight excluding hydrogens is 335 g/mol. The Morgan fingerprint density at radius 3 is 2.00 bits per heavy atom. The third-order valence-corrected chi connectivity index (χ3v) is 1.08. The van der Waals surface area contributed by atoms with Crippen molar-refractivity contribution in [1.29, 1.82) is 5.26 Å². The zero-order valence-electron chi connectivity index (χ0n) is 6.43. The van der Waals surface area contributed by atoms with Crippen LogP contribution in [-0.2, 0) is 13.2 Å². The number of nitriles is 1. The van der Waals surface area contributed by atoms with Crippen molar-refractivity contribution in [2.75, 3.05) is 0 Å². The normalized spacial score (nSPS) is 7.17. The average molecular weight is 341 g/mol. The summed E-state index contributed by atoms with van der Waals surface area (Å²) >= 11 is 6.25. The summed E-state index contributed by atoms with van der Waals surface area (Å²) in [4.78, 5) is 0. The van der Waals surface area contributed by atoms with Crippen LogP contribution in [0, 0.1) is 18.3 Å². The Morgan fingerprint density at radius 1 is 1.25 bits per heavy atom. The Hall–Kier alpha value is 0.293. The monoisotopic (exact) mass is 338 g/mol.